The quantitative estimate of drug-likeness (QED) is 0.637. The fraction of sp³-hybridized carbons (Fsp3) is 0.263. The van der Waals surface area contributed by atoms with E-state index in [1.807, 2.05) is 0 Å². The van der Waals surface area contributed by atoms with E-state index in [4.69, 9.17) is 4.74 Å². The smallest absolute Gasteiger partial charge is 0.393 e. The van der Waals surface area contributed by atoms with Crippen molar-refractivity contribution in [1.29, 1.82) is 0 Å². The van der Waals surface area contributed by atoms with E-state index in [0.29, 0.717) is 11.0 Å². The van der Waals surface area contributed by atoms with E-state index in [1.165, 1.54) is 34.1 Å². The van der Waals surface area contributed by atoms with Crippen molar-refractivity contribution in [2.75, 3.05) is 5.32 Å². The van der Waals surface area contributed by atoms with Gasteiger partial charge in [-0.05, 0) is 30.0 Å². The van der Waals surface area contributed by atoms with Gasteiger partial charge in [0.15, 0.2) is 5.13 Å². The Balaban J connectivity index is 1.84. The third-order valence-corrected chi connectivity index (χ3v) is 4.47. The number of halogens is 2. The molecular formula is C19H19F2N3O2S. The first kappa shape index (κ1) is 19.0. The standard InChI is InChI=1S/C19H19F2N3O2S/c1-12(2)8-13-9-17(26-19(25)23-18-22-6-7-27-18)24(10-13)11-14-15(20)4-3-5-16(14)21/h3-7,9-10,12H,8,11H2,1-2H3,(H,22,23,25). The number of nitrogens with one attached hydrogen (secondary N) is 1. The van der Waals surface area contributed by atoms with Crippen molar-refractivity contribution in [3.8, 4) is 5.88 Å². The van der Waals surface area contributed by atoms with Crippen LogP contribution in [0.3, 0.4) is 0 Å². The Hall–Kier alpha value is -2.74. The molecule has 0 fully saturated rings. The molecule has 0 atom stereocenters. The molecule has 3 aromatic rings. The first-order valence-electron chi connectivity index (χ1n) is 8.42. The Bertz CT molecular complexity index is 903. The Labute approximate surface area is 159 Å². The van der Waals surface area contributed by atoms with Gasteiger partial charge in [0.05, 0.1) is 6.54 Å². The number of hydrogen-bond acceptors (Lipinski definition) is 4. The maximum Gasteiger partial charge on any atom is 0.420 e. The summed E-state index contributed by atoms with van der Waals surface area (Å²) in [6.45, 7) is 4.03. The van der Waals surface area contributed by atoms with Gasteiger partial charge in [0, 0.05) is 29.4 Å². The molecule has 1 aromatic carbocycles. The predicted octanol–water partition coefficient (Wildman–Crippen LogP) is 5.08. The molecule has 142 valence electrons. The molecule has 8 heteroatoms. The number of ether oxygens (including phenoxy) is 1. The van der Waals surface area contributed by atoms with Crippen molar-refractivity contribution in [3.05, 3.63) is 64.8 Å². The molecule has 1 amide bonds. The summed E-state index contributed by atoms with van der Waals surface area (Å²) >= 11 is 1.26. The summed E-state index contributed by atoms with van der Waals surface area (Å²) in [4.78, 5) is 16.1. The molecule has 0 aliphatic rings. The number of benzene rings is 1. The molecule has 0 saturated heterocycles. The number of hydrogen-bond donors (Lipinski definition) is 1. The van der Waals surface area contributed by atoms with E-state index in [2.05, 4.69) is 24.1 Å². The van der Waals surface area contributed by atoms with Crippen molar-refractivity contribution >= 4 is 22.6 Å². The van der Waals surface area contributed by atoms with Gasteiger partial charge in [0.25, 0.3) is 0 Å². The molecule has 0 aliphatic heterocycles. The SMILES string of the molecule is CC(C)Cc1cc(OC(=O)Nc2nccs2)n(Cc2c(F)cccc2F)c1. The zero-order valence-corrected chi connectivity index (χ0v) is 15.7. The molecule has 1 N–H and O–H groups in total. The van der Waals surface area contributed by atoms with Gasteiger partial charge in [-0.3, -0.25) is 5.32 Å². The van der Waals surface area contributed by atoms with E-state index in [0.717, 1.165) is 12.0 Å². The van der Waals surface area contributed by atoms with Gasteiger partial charge in [-0.15, -0.1) is 11.3 Å². The number of carbonyl (C=O) groups excluding carboxylic acids is 1. The van der Waals surface area contributed by atoms with Crippen LogP contribution in [0.15, 0.2) is 42.0 Å². The van der Waals surface area contributed by atoms with Crippen LogP contribution in [0.4, 0.5) is 18.7 Å². The van der Waals surface area contributed by atoms with E-state index in [-0.39, 0.29) is 18.0 Å². The highest BCUT2D eigenvalue weighted by atomic mass is 32.1. The van der Waals surface area contributed by atoms with Crippen LogP contribution in [-0.2, 0) is 13.0 Å². The van der Waals surface area contributed by atoms with Crippen LogP contribution >= 0.6 is 11.3 Å². The molecule has 3 rings (SSSR count). The summed E-state index contributed by atoms with van der Waals surface area (Å²) in [5.41, 5.74) is 0.827. The van der Waals surface area contributed by atoms with Crippen molar-refractivity contribution in [2.45, 2.75) is 26.8 Å². The Morgan fingerprint density at radius 1 is 1.33 bits per heavy atom. The second-order valence-electron chi connectivity index (χ2n) is 6.46. The monoisotopic (exact) mass is 391 g/mol. The number of rotatable bonds is 6. The van der Waals surface area contributed by atoms with Gasteiger partial charge in [-0.25, -0.2) is 18.6 Å². The zero-order valence-electron chi connectivity index (χ0n) is 14.9. The van der Waals surface area contributed by atoms with Crippen molar-refractivity contribution in [1.82, 2.24) is 9.55 Å². The lowest BCUT2D eigenvalue weighted by Gasteiger charge is -2.11. The highest BCUT2D eigenvalue weighted by molar-refractivity contribution is 7.13. The maximum atomic E-state index is 14.0. The number of nitrogens with zero attached hydrogens (tertiary/aromatic N) is 2. The molecule has 0 radical (unpaired) electrons. The highest BCUT2D eigenvalue weighted by Gasteiger charge is 2.16. The lowest BCUT2D eigenvalue weighted by atomic mass is 10.1. The summed E-state index contributed by atoms with van der Waals surface area (Å²) in [6, 6.07) is 5.42. The summed E-state index contributed by atoms with van der Waals surface area (Å²) in [7, 11) is 0. The van der Waals surface area contributed by atoms with Crippen LogP contribution in [0.1, 0.15) is 25.0 Å². The van der Waals surface area contributed by atoms with Gasteiger partial charge < -0.3 is 9.30 Å². The lowest BCUT2D eigenvalue weighted by Crippen LogP contribution is -2.18. The van der Waals surface area contributed by atoms with Crippen LogP contribution in [0, 0.1) is 17.6 Å². The van der Waals surface area contributed by atoms with Gasteiger partial charge in [0.1, 0.15) is 11.6 Å². The second-order valence-corrected chi connectivity index (χ2v) is 7.36. The number of amides is 1. The molecule has 27 heavy (non-hydrogen) atoms. The van der Waals surface area contributed by atoms with Crippen LogP contribution in [0.5, 0.6) is 5.88 Å². The van der Waals surface area contributed by atoms with Crippen molar-refractivity contribution in [2.24, 2.45) is 5.92 Å². The van der Waals surface area contributed by atoms with Gasteiger partial charge >= 0.3 is 6.09 Å². The minimum atomic E-state index is -0.714. The molecular weight excluding hydrogens is 372 g/mol. The third-order valence-electron chi connectivity index (χ3n) is 3.79. The largest absolute Gasteiger partial charge is 0.420 e. The van der Waals surface area contributed by atoms with E-state index < -0.39 is 17.7 Å². The Kier molecular flexibility index (Phi) is 5.85. The summed E-state index contributed by atoms with van der Waals surface area (Å²) in [5, 5.41) is 4.64. The first-order valence-corrected chi connectivity index (χ1v) is 9.30. The second kappa shape index (κ2) is 8.30. The summed E-state index contributed by atoms with van der Waals surface area (Å²) in [6.07, 6.45) is 3.34. The van der Waals surface area contributed by atoms with Crippen LogP contribution in [-0.4, -0.2) is 15.6 Å². The Morgan fingerprint density at radius 3 is 2.70 bits per heavy atom. The Morgan fingerprint density at radius 2 is 2.07 bits per heavy atom. The van der Waals surface area contributed by atoms with Crippen LogP contribution in [0.2, 0.25) is 0 Å². The van der Waals surface area contributed by atoms with E-state index >= 15 is 0 Å². The number of anilines is 1. The minimum Gasteiger partial charge on any atom is -0.393 e. The molecule has 0 spiro atoms. The summed E-state index contributed by atoms with van der Waals surface area (Å²) < 4.78 is 34.9. The van der Waals surface area contributed by atoms with Crippen molar-refractivity contribution in [3.63, 3.8) is 0 Å². The fourth-order valence-corrected chi connectivity index (χ4v) is 3.20. The van der Waals surface area contributed by atoms with Gasteiger partial charge in [-0.2, -0.15) is 0 Å². The van der Waals surface area contributed by atoms with Gasteiger partial charge in [-0.1, -0.05) is 19.9 Å². The predicted molar refractivity (Wildman–Crippen MR) is 100 cm³/mol. The molecule has 2 heterocycles. The van der Waals surface area contributed by atoms with Crippen LogP contribution in [0.25, 0.3) is 0 Å². The number of thiazole rings is 1. The van der Waals surface area contributed by atoms with Crippen molar-refractivity contribution < 1.29 is 18.3 Å². The third kappa shape index (κ3) is 4.91. The molecule has 0 unspecified atom stereocenters. The van der Waals surface area contributed by atoms with Crippen LogP contribution < -0.4 is 10.1 Å². The molecule has 0 saturated carbocycles. The average Bonchev–Trinajstić information content (AvgIpc) is 3.21. The first-order chi connectivity index (χ1) is 12.9. The topological polar surface area (TPSA) is 56.1 Å². The maximum absolute atomic E-state index is 14.0. The molecule has 2 aromatic heterocycles. The lowest BCUT2D eigenvalue weighted by molar-refractivity contribution is 0.211. The average molecular weight is 391 g/mol. The zero-order chi connectivity index (χ0) is 19.4. The molecule has 0 bridgehead atoms. The minimum absolute atomic E-state index is 0.0868. The molecule has 0 aliphatic carbocycles. The van der Waals surface area contributed by atoms with Gasteiger partial charge in [0.2, 0.25) is 5.88 Å². The van der Waals surface area contributed by atoms with E-state index in [1.54, 1.807) is 23.8 Å². The highest BCUT2D eigenvalue weighted by Crippen LogP contribution is 2.24. The summed E-state index contributed by atoms with van der Waals surface area (Å²) in [5.74, 6) is -0.704. The van der Waals surface area contributed by atoms with E-state index in [9.17, 15) is 13.6 Å². The fourth-order valence-electron chi connectivity index (χ4n) is 2.68. The molecule has 5 nitrogen and oxygen atoms in total. The number of aromatic nitrogens is 2. The normalized spacial score (nSPS) is 11.0. The number of carbonyl (C=O) groups is 1.